The minimum Gasteiger partial charge on any atom is -0.338 e. The maximum atomic E-state index is 12.0. The van der Waals surface area contributed by atoms with Crippen LogP contribution in [0.3, 0.4) is 0 Å². The Kier molecular flexibility index (Phi) is 6.87. The van der Waals surface area contributed by atoms with Gasteiger partial charge in [0.1, 0.15) is 0 Å². The van der Waals surface area contributed by atoms with E-state index in [0.29, 0.717) is 19.5 Å². The molecule has 0 spiro atoms. The molecule has 0 bridgehead atoms. The number of nitrogens with one attached hydrogen (secondary N) is 2. The van der Waals surface area contributed by atoms with Crippen LogP contribution in [0.1, 0.15) is 38.5 Å². The number of nitrogens with two attached hydrogens (primary N) is 1. The summed E-state index contributed by atoms with van der Waals surface area (Å²) in [5.41, 5.74) is 6.98. The quantitative estimate of drug-likeness (QED) is 0.643. The van der Waals surface area contributed by atoms with Gasteiger partial charge in [-0.1, -0.05) is 18.9 Å². The normalized spacial score (nSPS) is 14.5. The first-order valence-electron chi connectivity index (χ1n) is 8.36. The number of carbonyl (C=O) groups excluding carboxylic acids is 2. The Balaban J connectivity index is 1.84. The zero-order chi connectivity index (χ0) is 16.5. The van der Waals surface area contributed by atoms with E-state index in [9.17, 15) is 9.59 Å². The third kappa shape index (κ3) is 5.56. The smallest absolute Gasteiger partial charge is 0.321 e. The van der Waals surface area contributed by atoms with Crippen LogP contribution >= 0.6 is 0 Å². The van der Waals surface area contributed by atoms with Crippen molar-refractivity contribution in [3.63, 3.8) is 0 Å². The predicted molar refractivity (Wildman–Crippen MR) is 92.6 cm³/mol. The first-order chi connectivity index (χ1) is 11.2. The summed E-state index contributed by atoms with van der Waals surface area (Å²) in [6, 6.07) is 7.34. The Morgan fingerprint density at radius 2 is 2.09 bits per heavy atom. The fraction of sp³-hybridized carbons (Fsp3) is 0.529. The lowest BCUT2D eigenvalue weighted by molar-refractivity contribution is -0.116. The first kappa shape index (κ1) is 17.3. The van der Waals surface area contributed by atoms with Crippen molar-refractivity contribution in [1.82, 2.24) is 5.32 Å². The average Bonchev–Trinajstić information content (AvgIpc) is 2.55. The Hall–Kier alpha value is -2.08. The van der Waals surface area contributed by atoms with E-state index in [1.54, 1.807) is 4.90 Å². The average molecular weight is 318 g/mol. The van der Waals surface area contributed by atoms with E-state index >= 15 is 0 Å². The number of unbranched alkanes of at least 4 members (excludes halogenated alkanes) is 3. The van der Waals surface area contributed by atoms with Gasteiger partial charge >= 0.3 is 6.03 Å². The molecule has 23 heavy (non-hydrogen) atoms. The van der Waals surface area contributed by atoms with Gasteiger partial charge < -0.3 is 16.4 Å². The second-order valence-electron chi connectivity index (χ2n) is 5.79. The summed E-state index contributed by atoms with van der Waals surface area (Å²) in [4.78, 5) is 25.5. The van der Waals surface area contributed by atoms with Gasteiger partial charge in [0.2, 0.25) is 5.91 Å². The number of benzene rings is 1. The molecule has 0 unspecified atom stereocenters. The number of urea groups is 1. The number of nitrogens with zero attached hydrogens (tertiary/aromatic N) is 1. The van der Waals surface area contributed by atoms with Crippen LogP contribution in [0.5, 0.6) is 0 Å². The lowest BCUT2D eigenvalue weighted by atomic mass is 10.1. The number of carbonyl (C=O) groups is 2. The number of hydrogen-bond donors (Lipinski definition) is 3. The van der Waals surface area contributed by atoms with Crippen molar-refractivity contribution >= 4 is 23.3 Å². The molecule has 1 aliphatic rings. The largest absolute Gasteiger partial charge is 0.338 e. The third-order valence-corrected chi connectivity index (χ3v) is 3.88. The topological polar surface area (TPSA) is 87.5 Å². The van der Waals surface area contributed by atoms with Gasteiger partial charge in [-0.25, -0.2) is 4.79 Å². The minimum absolute atomic E-state index is 0.0120. The maximum Gasteiger partial charge on any atom is 0.321 e. The fourth-order valence-electron chi connectivity index (χ4n) is 2.63. The van der Waals surface area contributed by atoms with E-state index in [-0.39, 0.29) is 11.9 Å². The van der Waals surface area contributed by atoms with Crippen LogP contribution in [-0.2, 0) is 4.79 Å². The van der Waals surface area contributed by atoms with Crippen LogP contribution in [-0.4, -0.2) is 31.6 Å². The van der Waals surface area contributed by atoms with Crippen LogP contribution in [0.4, 0.5) is 16.2 Å². The first-order valence-corrected chi connectivity index (χ1v) is 8.36. The van der Waals surface area contributed by atoms with Gasteiger partial charge in [0.15, 0.2) is 0 Å². The van der Waals surface area contributed by atoms with Crippen molar-refractivity contribution in [3.8, 4) is 0 Å². The Morgan fingerprint density at radius 3 is 2.87 bits per heavy atom. The molecule has 2 rings (SSSR count). The molecule has 3 amide bonds. The van der Waals surface area contributed by atoms with E-state index in [1.165, 1.54) is 0 Å². The predicted octanol–water partition coefficient (Wildman–Crippen LogP) is 2.45. The molecule has 1 saturated heterocycles. The zero-order valence-corrected chi connectivity index (χ0v) is 13.5. The summed E-state index contributed by atoms with van der Waals surface area (Å²) >= 11 is 0. The highest BCUT2D eigenvalue weighted by Crippen LogP contribution is 2.21. The van der Waals surface area contributed by atoms with Gasteiger partial charge in [-0.2, -0.15) is 0 Å². The fourth-order valence-corrected chi connectivity index (χ4v) is 2.63. The molecular weight excluding hydrogens is 292 g/mol. The monoisotopic (exact) mass is 318 g/mol. The molecule has 0 saturated carbocycles. The minimum atomic E-state index is -0.0837. The number of amides is 3. The maximum absolute atomic E-state index is 12.0. The molecule has 1 aromatic carbocycles. The molecule has 0 aromatic heterocycles. The summed E-state index contributed by atoms with van der Waals surface area (Å²) < 4.78 is 0. The van der Waals surface area contributed by atoms with E-state index in [2.05, 4.69) is 10.6 Å². The van der Waals surface area contributed by atoms with E-state index in [1.807, 2.05) is 24.3 Å². The molecular formula is C17H26N4O2. The number of rotatable bonds is 8. The standard InChI is InChI=1S/C17H26N4O2/c18-10-4-2-1-3-9-16(22)20-14-7-5-8-15(13-14)21-12-6-11-19-17(21)23/h5,7-8,13H,1-4,6,9-12,18H2,(H,19,23)(H,20,22). The third-order valence-electron chi connectivity index (χ3n) is 3.88. The lowest BCUT2D eigenvalue weighted by Crippen LogP contribution is -2.46. The summed E-state index contributed by atoms with van der Waals surface area (Å²) in [7, 11) is 0. The van der Waals surface area contributed by atoms with Crippen LogP contribution < -0.4 is 21.3 Å². The van der Waals surface area contributed by atoms with Crippen molar-refractivity contribution in [1.29, 1.82) is 0 Å². The summed E-state index contributed by atoms with van der Waals surface area (Å²) in [5, 5.41) is 5.73. The van der Waals surface area contributed by atoms with Crippen molar-refractivity contribution in [2.75, 3.05) is 29.9 Å². The highest BCUT2D eigenvalue weighted by molar-refractivity contribution is 5.95. The van der Waals surface area contributed by atoms with Crippen molar-refractivity contribution in [3.05, 3.63) is 24.3 Å². The molecule has 0 radical (unpaired) electrons. The van der Waals surface area contributed by atoms with Crippen LogP contribution in [0, 0.1) is 0 Å². The highest BCUT2D eigenvalue weighted by Gasteiger charge is 2.19. The van der Waals surface area contributed by atoms with Gasteiger partial charge in [0.05, 0.1) is 0 Å². The van der Waals surface area contributed by atoms with Gasteiger partial charge in [-0.15, -0.1) is 0 Å². The van der Waals surface area contributed by atoms with Crippen LogP contribution in [0.15, 0.2) is 24.3 Å². The van der Waals surface area contributed by atoms with E-state index in [0.717, 1.165) is 50.0 Å². The molecule has 1 fully saturated rings. The molecule has 6 heteroatoms. The highest BCUT2D eigenvalue weighted by atomic mass is 16.2. The molecule has 1 aliphatic heterocycles. The van der Waals surface area contributed by atoms with E-state index in [4.69, 9.17) is 5.73 Å². The Morgan fingerprint density at radius 1 is 1.26 bits per heavy atom. The lowest BCUT2D eigenvalue weighted by Gasteiger charge is -2.27. The molecule has 4 N–H and O–H groups in total. The van der Waals surface area contributed by atoms with Gasteiger partial charge in [0.25, 0.3) is 0 Å². The molecule has 1 heterocycles. The molecule has 6 nitrogen and oxygen atoms in total. The number of hydrogen-bond acceptors (Lipinski definition) is 3. The molecule has 0 aliphatic carbocycles. The Labute approximate surface area is 137 Å². The zero-order valence-electron chi connectivity index (χ0n) is 13.5. The van der Waals surface area contributed by atoms with Crippen molar-refractivity contribution in [2.24, 2.45) is 5.73 Å². The molecule has 126 valence electrons. The SMILES string of the molecule is NCCCCCCC(=O)Nc1cccc(N2CCCNC2=O)c1. The second kappa shape index (κ2) is 9.15. The molecule has 1 aromatic rings. The molecule has 0 atom stereocenters. The van der Waals surface area contributed by atoms with Crippen LogP contribution in [0.2, 0.25) is 0 Å². The summed E-state index contributed by atoms with van der Waals surface area (Å²) in [6.07, 6.45) is 5.42. The van der Waals surface area contributed by atoms with Crippen molar-refractivity contribution in [2.45, 2.75) is 38.5 Å². The Bertz CT molecular complexity index is 533. The van der Waals surface area contributed by atoms with Gasteiger partial charge in [-0.05, 0) is 44.0 Å². The summed E-state index contributed by atoms with van der Waals surface area (Å²) in [5.74, 6) is 0.0120. The van der Waals surface area contributed by atoms with Gasteiger partial charge in [-0.3, -0.25) is 9.69 Å². The van der Waals surface area contributed by atoms with Crippen molar-refractivity contribution < 1.29 is 9.59 Å². The van der Waals surface area contributed by atoms with Crippen LogP contribution in [0.25, 0.3) is 0 Å². The number of anilines is 2. The second-order valence-corrected chi connectivity index (χ2v) is 5.79. The van der Waals surface area contributed by atoms with E-state index < -0.39 is 0 Å². The summed E-state index contributed by atoms with van der Waals surface area (Å²) in [6.45, 7) is 2.13. The van der Waals surface area contributed by atoms with Gasteiger partial charge in [0, 0.05) is 30.9 Å².